The number of halogens is 1. The van der Waals surface area contributed by atoms with Crippen LogP contribution >= 0.6 is 0 Å². The largest absolute Gasteiger partial charge is 0.480 e. The summed E-state index contributed by atoms with van der Waals surface area (Å²) in [6.07, 6.45) is -0.0683. The molecule has 0 saturated carbocycles. The lowest BCUT2D eigenvalue weighted by Gasteiger charge is -2.16. The number of carbonyl (C=O) groups is 3. The Labute approximate surface area is 143 Å². The lowest BCUT2D eigenvalue weighted by atomic mass is 10.0. The highest BCUT2D eigenvalue weighted by atomic mass is 19.1. The lowest BCUT2D eigenvalue weighted by Crippen LogP contribution is -2.42. The third kappa shape index (κ3) is 5.13. The molecule has 2 aromatic rings. The van der Waals surface area contributed by atoms with E-state index in [0.29, 0.717) is 5.56 Å². The van der Waals surface area contributed by atoms with Crippen LogP contribution in [0.3, 0.4) is 0 Å². The van der Waals surface area contributed by atoms with E-state index in [1.807, 2.05) is 0 Å². The molecular formula is C18H17FN2O4. The van der Waals surface area contributed by atoms with Crippen LogP contribution in [0.5, 0.6) is 0 Å². The molecule has 0 aliphatic carbocycles. The van der Waals surface area contributed by atoms with E-state index < -0.39 is 23.7 Å². The van der Waals surface area contributed by atoms with Gasteiger partial charge in [0, 0.05) is 13.3 Å². The molecule has 3 N–H and O–H groups in total. The summed E-state index contributed by atoms with van der Waals surface area (Å²) in [5, 5.41) is 14.3. The molecule has 7 heteroatoms. The molecule has 130 valence electrons. The molecule has 6 nitrogen and oxygen atoms in total. The van der Waals surface area contributed by atoms with Crippen LogP contribution in [0.15, 0.2) is 48.5 Å². The minimum absolute atomic E-state index is 0.0683. The number of carboxylic acids is 1. The maximum atomic E-state index is 13.2. The molecule has 0 heterocycles. The van der Waals surface area contributed by atoms with Gasteiger partial charge in [0.05, 0.1) is 11.3 Å². The molecule has 0 aliphatic heterocycles. The summed E-state index contributed by atoms with van der Waals surface area (Å²) in [5.41, 5.74) is 0.869. The smallest absolute Gasteiger partial charge is 0.326 e. The van der Waals surface area contributed by atoms with E-state index in [0.717, 1.165) is 0 Å². The van der Waals surface area contributed by atoms with Crippen molar-refractivity contribution >= 4 is 23.5 Å². The third-order valence-electron chi connectivity index (χ3n) is 3.41. The van der Waals surface area contributed by atoms with Gasteiger partial charge in [0.2, 0.25) is 5.91 Å². The highest BCUT2D eigenvalue weighted by Gasteiger charge is 2.22. The van der Waals surface area contributed by atoms with Gasteiger partial charge >= 0.3 is 5.97 Å². The monoisotopic (exact) mass is 344 g/mol. The minimum atomic E-state index is -1.24. The van der Waals surface area contributed by atoms with Crippen LogP contribution < -0.4 is 10.6 Å². The van der Waals surface area contributed by atoms with Gasteiger partial charge in [0.1, 0.15) is 11.9 Å². The van der Waals surface area contributed by atoms with Crippen LogP contribution in [0.4, 0.5) is 10.1 Å². The number of hydrogen-bond acceptors (Lipinski definition) is 3. The fourth-order valence-electron chi connectivity index (χ4n) is 2.32. The first-order chi connectivity index (χ1) is 11.9. The molecule has 2 amide bonds. The van der Waals surface area contributed by atoms with Crippen molar-refractivity contribution < 1.29 is 23.9 Å². The molecule has 25 heavy (non-hydrogen) atoms. The van der Waals surface area contributed by atoms with Crippen molar-refractivity contribution in [2.45, 2.75) is 19.4 Å². The molecule has 0 spiro atoms. The van der Waals surface area contributed by atoms with Gasteiger partial charge in [-0.25, -0.2) is 9.18 Å². The van der Waals surface area contributed by atoms with Crippen LogP contribution in [0.25, 0.3) is 0 Å². The Morgan fingerprint density at radius 2 is 1.84 bits per heavy atom. The Morgan fingerprint density at radius 1 is 1.12 bits per heavy atom. The number of nitrogens with one attached hydrogen (secondary N) is 2. The van der Waals surface area contributed by atoms with Crippen LogP contribution in [0, 0.1) is 5.82 Å². The van der Waals surface area contributed by atoms with E-state index in [4.69, 9.17) is 0 Å². The highest BCUT2D eigenvalue weighted by molar-refractivity contribution is 6.04. The molecule has 1 atom stereocenters. The van der Waals surface area contributed by atoms with Crippen molar-refractivity contribution in [3.63, 3.8) is 0 Å². The Hall–Kier alpha value is -3.22. The van der Waals surface area contributed by atoms with Crippen molar-refractivity contribution in [2.24, 2.45) is 0 Å². The summed E-state index contributed by atoms with van der Waals surface area (Å²) < 4.78 is 13.2. The zero-order chi connectivity index (χ0) is 18.4. The van der Waals surface area contributed by atoms with Gasteiger partial charge in [-0.3, -0.25) is 9.59 Å². The summed E-state index contributed by atoms with van der Waals surface area (Å²) in [5.74, 6) is -2.72. The topological polar surface area (TPSA) is 95.5 Å². The maximum absolute atomic E-state index is 13.2. The summed E-state index contributed by atoms with van der Waals surface area (Å²) in [7, 11) is 0. The zero-order valence-corrected chi connectivity index (χ0v) is 13.5. The van der Waals surface area contributed by atoms with E-state index in [1.54, 1.807) is 24.3 Å². The van der Waals surface area contributed by atoms with Crippen LogP contribution in [-0.4, -0.2) is 28.9 Å². The maximum Gasteiger partial charge on any atom is 0.326 e. The second-order valence-corrected chi connectivity index (χ2v) is 5.43. The Bertz CT molecular complexity index is 807. The van der Waals surface area contributed by atoms with E-state index >= 15 is 0 Å². The molecule has 0 aromatic heterocycles. The molecule has 0 unspecified atom stereocenters. The van der Waals surface area contributed by atoms with Gasteiger partial charge in [-0.1, -0.05) is 24.3 Å². The Balaban J connectivity index is 2.18. The number of carbonyl (C=O) groups excluding carboxylic acids is 2. The standard InChI is InChI=1S/C18H17FN2O4/c1-11(22)20-15-8-3-2-7-14(15)17(23)21-16(18(24)25)10-12-5-4-6-13(19)9-12/h2-9,16H,10H2,1H3,(H,20,22)(H,21,23)(H,24,25)/t16-/m0/s1. The predicted molar refractivity (Wildman–Crippen MR) is 89.7 cm³/mol. The van der Waals surface area contributed by atoms with Gasteiger partial charge in [-0.05, 0) is 29.8 Å². The van der Waals surface area contributed by atoms with Gasteiger partial charge in [0.25, 0.3) is 5.91 Å². The minimum Gasteiger partial charge on any atom is -0.480 e. The molecule has 0 saturated heterocycles. The second-order valence-electron chi connectivity index (χ2n) is 5.43. The van der Waals surface area contributed by atoms with Crippen molar-refractivity contribution in [3.05, 3.63) is 65.5 Å². The zero-order valence-electron chi connectivity index (χ0n) is 13.5. The first-order valence-electron chi connectivity index (χ1n) is 7.51. The van der Waals surface area contributed by atoms with Crippen molar-refractivity contribution in [1.29, 1.82) is 0 Å². The number of carboxylic acid groups (broad SMARTS) is 1. The average molecular weight is 344 g/mol. The number of amides is 2. The van der Waals surface area contributed by atoms with E-state index in [2.05, 4.69) is 10.6 Å². The fourth-order valence-corrected chi connectivity index (χ4v) is 2.32. The fraction of sp³-hybridized carbons (Fsp3) is 0.167. The van der Waals surface area contributed by atoms with E-state index in [-0.39, 0.29) is 23.6 Å². The van der Waals surface area contributed by atoms with Crippen LogP contribution in [0.1, 0.15) is 22.8 Å². The second kappa shape index (κ2) is 8.05. The third-order valence-corrected chi connectivity index (χ3v) is 3.41. The number of para-hydroxylation sites is 1. The Morgan fingerprint density at radius 3 is 2.48 bits per heavy atom. The van der Waals surface area contributed by atoms with E-state index in [1.165, 1.54) is 31.2 Å². The van der Waals surface area contributed by atoms with Crippen molar-refractivity contribution in [2.75, 3.05) is 5.32 Å². The lowest BCUT2D eigenvalue weighted by molar-refractivity contribution is -0.139. The molecule has 0 aliphatic rings. The molecule has 2 aromatic carbocycles. The van der Waals surface area contributed by atoms with Crippen LogP contribution in [0.2, 0.25) is 0 Å². The van der Waals surface area contributed by atoms with Gasteiger partial charge < -0.3 is 15.7 Å². The first-order valence-corrected chi connectivity index (χ1v) is 7.51. The van der Waals surface area contributed by atoms with Gasteiger partial charge in [0.15, 0.2) is 0 Å². The molecule has 0 bridgehead atoms. The molecule has 0 radical (unpaired) electrons. The summed E-state index contributed by atoms with van der Waals surface area (Å²) in [6, 6.07) is 10.5. The number of hydrogen-bond donors (Lipinski definition) is 3. The number of rotatable bonds is 6. The first kappa shape index (κ1) is 18.1. The molecular weight excluding hydrogens is 327 g/mol. The normalized spacial score (nSPS) is 11.4. The number of aliphatic carboxylic acids is 1. The predicted octanol–water partition coefficient (Wildman–Crippen LogP) is 2.21. The summed E-state index contributed by atoms with van der Waals surface area (Å²) >= 11 is 0. The summed E-state index contributed by atoms with van der Waals surface area (Å²) in [6.45, 7) is 1.30. The van der Waals surface area contributed by atoms with Crippen molar-refractivity contribution in [3.8, 4) is 0 Å². The summed E-state index contributed by atoms with van der Waals surface area (Å²) in [4.78, 5) is 35.1. The average Bonchev–Trinajstić information content (AvgIpc) is 2.54. The van der Waals surface area contributed by atoms with E-state index in [9.17, 15) is 23.9 Å². The highest BCUT2D eigenvalue weighted by Crippen LogP contribution is 2.15. The Kier molecular flexibility index (Phi) is 5.84. The van der Waals surface area contributed by atoms with Gasteiger partial charge in [-0.2, -0.15) is 0 Å². The van der Waals surface area contributed by atoms with Crippen molar-refractivity contribution in [1.82, 2.24) is 5.32 Å². The molecule has 2 rings (SSSR count). The van der Waals surface area contributed by atoms with Gasteiger partial charge in [-0.15, -0.1) is 0 Å². The number of benzene rings is 2. The van der Waals surface area contributed by atoms with Crippen LogP contribution in [-0.2, 0) is 16.0 Å². The molecule has 0 fully saturated rings. The number of anilines is 1. The SMILES string of the molecule is CC(=O)Nc1ccccc1C(=O)N[C@@H](Cc1cccc(F)c1)C(=O)O. The quantitative estimate of drug-likeness (QED) is 0.749.